The van der Waals surface area contributed by atoms with Gasteiger partial charge in [-0.05, 0) is 37.1 Å². The lowest BCUT2D eigenvalue weighted by atomic mass is 9.94. The van der Waals surface area contributed by atoms with Crippen LogP contribution in [0.5, 0.6) is 0 Å². The van der Waals surface area contributed by atoms with E-state index in [4.69, 9.17) is 16.1 Å². The van der Waals surface area contributed by atoms with E-state index < -0.39 is 0 Å². The molecule has 0 N–H and O–H groups in total. The van der Waals surface area contributed by atoms with Crippen LogP contribution in [0.25, 0.3) is 11.4 Å². The first-order valence-electron chi connectivity index (χ1n) is 7.99. The third-order valence-corrected chi connectivity index (χ3v) is 4.55. The highest BCUT2D eigenvalue weighted by Crippen LogP contribution is 2.25. The molecule has 3 rings (SSSR count). The van der Waals surface area contributed by atoms with Crippen molar-refractivity contribution in [2.24, 2.45) is 0 Å². The lowest BCUT2D eigenvalue weighted by Crippen LogP contribution is -2.39. The molecule has 0 aliphatic heterocycles. The molecule has 23 heavy (non-hydrogen) atoms. The number of halogens is 1. The first-order chi connectivity index (χ1) is 11.1. The predicted molar refractivity (Wildman–Crippen MR) is 87.8 cm³/mol. The van der Waals surface area contributed by atoms with Crippen LogP contribution >= 0.6 is 11.6 Å². The summed E-state index contributed by atoms with van der Waals surface area (Å²) >= 11 is 5.89. The number of hydrogen-bond acceptors (Lipinski definition) is 4. The molecule has 0 bridgehead atoms. The fourth-order valence-electron chi connectivity index (χ4n) is 3.07. The summed E-state index contributed by atoms with van der Waals surface area (Å²) < 4.78 is 5.33. The van der Waals surface area contributed by atoms with Gasteiger partial charge < -0.3 is 9.42 Å². The fraction of sp³-hybridized carbons (Fsp3) is 0.471. The molecule has 1 fully saturated rings. The Labute approximate surface area is 140 Å². The van der Waals surface area contributed by atoms with Crippen molar-refractivity contribution in [3.05, 3.63) is 35.2 Å². The second kappa shape index (κ2) is 7.13. The Morgan fingerprint density at radius 2 is 1.96 bits per heavy atom. The van der Waals surface area contributed by atoms with Crippen LogP contribution in [0, 0.1) is 0 Å². The molecule has 0 saturated heterocycles. The van der Waals surface area contributed by atoms with Gasteiger partial charge in [-0.25, -0.2) is 0 Å². The van der Waals surface area contributed by atoms with Gasteiger partial charge in [-0.1, -0.05) is 36.0 Å². The van der Waals surface area contributed by atoms with Gasteiger partial charge in [0.25, 0.3) is 0 Å². The van der Waals surface area contributed by atoms with Crippen LogP contribution in [0.2, 0.25) is 5.02 Å². The minimum atomic E-state index is 0.0585. The summed E-state index contributed by atoms with van der Waals surface area (Å²) in [5.74, 6) is 1.04. The molecule has 0 unspecified atom stereocenters. The van der Waals surface area contributed by atoms with Gasteiger partial charge in [-0.2, -0.15) is 4.98 Å². The summed E-state index contributed by atoms with van der Waals surface area (Å²) in [6.07, 6.45) is 5.71. The SMILES string of the molecule is CC(=O)N(Cc1nc(-c2ccc(Cl)cc2)no1)C1CCCCC1. The summed E-state index contributed by atoms with van der Waals surface area (Å²) in [4.78, 5) is 18.3. The van der Waals surface area contributed by atoms with Gasteiger partial charge in [0.2, 0.25) is 17.6 Å². The van der Waals surface area contributed by atoms with E-state index in [-0.39, 0.29) is 11.9 Å². The summed E-state index contributed by atoms with van der Waals surface area (Å²) in [6.45, 7) is 1.98. The van der Waals surface area contributed by atoms with Crippen LogP contribution < -0.4 is 0 Å². The minimum absolute atomic E-state index is 0.0585. The van der Waals surface area contributed by atoms with E-state index in [1.54, 1.807) is 19.1 Å². The van der Waals surface area contributed by atoms with E-state index in [1.165, 1.54) is 19.3 Å². The Morgan fingerprint density at radius 3 is 2.61 bits per heavy atom. The van der Waals surface area contributed by atoms with Crippen molar-refractivity contribution in [3.63, 3.8) is 0 Å². The molecular formula is C17H20ClN3O2. The molecule has 1 amide bonds. The van der Waals surface area contributed by atoms with E-state index in [1.807, 2.05) is 17.0 Å². The minimum Gasteiger partial charge on any atom is -0.337 e. The van der Waals surface area contributed by atoms with Gasteiger partial charge in [-0.3, -0.25) is 4.79 Å². The molecule has 1 aromatic heterocycles. The molecule has 0 radical (unpaired) electrons. The predicted octanol–water partition coefficient (Wildman–Crippen LogP) is 4.07. The summed E-state index contributed by atoms with van der Waals surface area (Å²) in [5.41, 5.74) is 0.844. The van der Waals surface area contributed by atoms with Crippen molar-refractivity contribution in [1.82, 2.24) is 15.0 Å². The quantitative estimate of drug-likeness (QED) is 0.846. The molecule has 1 saturated carbocycles. The van der Waals surface area contributed by atoms with Crippen LogP contribution in [0.3, 0.4) is 0 Å². The smallest absolute Gasteiger partial charge is 0.246 e. The Morgan fingerprint density at radius 1 is 1.26 bits per heavy atom. The molecule has 6 heteroatoms. The van der Waals surface area contributed by atoms with Crippen LogP contribution in [0.15, 0.2) is 28.8 Å². The Bertz CT molecular complexity index is 663. The van der Waals surface area contributed by atoms with Crippen LogP contribution in [0.1, 0.15) is 44.9 Å². The second-order valence-electron chi connectivity index (χ2n) is 5.96. The van der Waals surface area contributed by atoms with Crippen molar-refractivity contribution in [3.8, 4) is 11.4 Å². The third-order valence-electron chi connectivity index (χ3n) is 4.30. The molecular weight excluding hydrogens is 314 g/mol. The number of carbonyl (C=O) groups excluding carboxylic acids is 1. The molecule has 5 nitrogen and oxygen atoms in total. The number of aromatic nitrogens is 2. The third kappa shape index (κ3) is 3.91. The summed E-state index contributed by atoms with van der Waals surface area (Å²) in [7, 11) is 0. The molecule has 0 atom stereocenters. The molecule has 1 aliphatic rings. The zero-order valence-corrected chi connectivity index (χ0v) is 13.9. The highest BCUT2D eigenvalue weighted by atomic mass is 35.5. The highest BCUT2D eigenvalue weighted by molar-refractivity contribution is 6.30. The topological polar surface area (TPSA) is 59.2 Å². The Kier molecular flexibility index (Phi) is 4.96. The second-order valence-corrected chi connectivity index (χ2v) is 6.39. The first-order valence-corrected chi connectivity index (χ1v) is 8.37. The van der Waals surface area contributed by atoms with Gasteiger partial charge >= 0.3 is 0 Å². The van der Waals surface area contributed by atoms with Gasteiger partial charge in [0.05, 0.1) is 0 Å². The molecule has 0 spiro atoms. The maximum atomic E-state index is 12.0. The average Bonchev–Trinajstić information content (AvgIpc) is 3.02. The zero-order chi connectivity index (χ0) is 16.2. The summed E-state index contributed by atoms with van der Waals surface area (Å²) in [5, 5.41) is 4.67. The molecule has 2 aromatic rings. The molecule has 1 aliphatic carbocycles. The van der Waals surface area contributed by atoms with E-state index in [9.17, 15) is 4.79 Å². The number of carbonyl (C=O) groups is 1. The van der Waals surface area contributed by atoms with Crippen molar-refractivity contribution in [2.75, 3.05) is 0 Å². The van der Waals surface area contributed by atoms with Gasteiger partial charge in [0, 0.05) is 23.6 Å². The normalized spacial score (nSPS) is 15.6. The van der Waals surface area contributed by atoms with Gasteiger partial charge in [0.15, 0.2) is 0 Å². The molecule has 122 valence electrons. The summed E-state index contributed by atoms with van der Waals surface area (Å²) in [6, 6.07) is 7.56. The monoisotopic (exact) mass is 333 g/mol. The lowest BCUT2D eigenvalue weighted by Gasteiger charge is -2.32. The number of rotatable bonds is 4. The van der Waals surface area contributed by atoms with Crippen molar-refractivity contribution in [2.45, 2.75) is 51.6 Å². The number of hydrogen-bond donors (Lipinski definition) is 0. The van der Waals surface area contributed by atoms with Crippen LogP contribution in [-0.2, 0) is 11.3 Å². The number of amides is 1. The zero-order valence-electron chi connectivity index (χ0n) is 13.2. The van der Waals surface area contributed by atoms with Crippen LogP contribution in [-0.4, -0.2) is 27.0 Å². The first kappa shape index (κ1) is 16.0. The maximum absolute atomic E-state index is 12.0. The standard InChI is InChI=1S/C17H20ClN3O2/c1-12(22)21(15-5-3-2-4-6-15)11-16-19-17(20-23-16)13-7-9-14(18)10-8-13/h7-10,15H,2-6,11H2,1H3. The molecule has 1 aromatic carbocycles. The lowest BCUT2D eigenvalue weighted by molar-refractivity contribution is -0.133. The van der Waals surface area contributed by atoms with Crippen molar-refractivity contribution >= 4 is 17.5 Å². The van der Waals surface area contributed by atoms with E-state index in [0.29, 0.717) is 23.3 Å². The van der Waals surface area contributed by atoms with E-state index >= 15 is 0 Å². The average molecular weight is 334 g/mol. The largest absolute Gasteiger partial charge is 0.337 e. The number of nitrogens with zero attached hydrogens (tertiary/aromatic N) is 3. The van der Waals surface area contributed by atoms with Gasteiger partial charge in [0.1, 0.15) is 6.54 Å². The van der Waals surface area contributed by atoms with Crippen molar-refractivity contribution in [1.29, 1.82) is 0 Å². The maximum Gasteiger partial charge on any atom is 0.246 e. The Balaban J connectivity index is 1.73. The van der Waals surface area contributed by atoms with Crippen molar-refractivity contribution < 1.29 is 9.32 Å². The van der Waals surface area contributed by atoms with E-state index in [0.717, 1.165) is 18.4 Å². The van der Waals surface area contributed by atoms with Crippen LogP contribution in [0.4, 0.5) is 0 Å². The number of benzene rings is 1. The van der Waals surface area contributed by atoms with E-state index in [2.05, 4.69) is 10.1 Å². The fourth-order valence-corrected chi connectivity index (χ4v) is 3.20. The Hall–Kier alpha value is -1.88. The van der Waals surface area contributed by atoms with Gasteiger partial charge in [-0.15, -0.1) is 0 Å². The highest BCUT2D eigenvalue weighted by Gasteiger charge is 2.25. The molecule has 1 heterocycles.